The molecule has 176 valence electrons. The average molecular weight is 463 g/mol. The van der Waals surface area contributed by atoms with Gasteiger partial charge in [-0.05, 0) is 79.5 Å². The molecule has 1 amide bonds. The van der Waals surface area contributed by atoms with E-state index in [0.29, 0.717) is 17.9 Å². The van der Waals surface area contributed by atoms with Crippen molar-refractivity contribution in [2.45, 2.75) is 38.3 Å². The number of pyridine rings is 1. The minimum atomic E-state index is -0.635. The summed E-state index contributed by atoms with van der Waals surface area (Å²) < 4.78 is 6.71. The largest absolute Gasteiger partial charge is 0.456 e. The van der Waals surface area contributed by atoms with E-state index < -0.39 is 11.5 Å². The van der Waals surface area contributed by atoms with Gasteiger partial charge >= 0.3 is 5.97 Å². The molecule has 3 aromatic rings. The van der Waals surface area contributed by atoms with Gasteiger partial charge in [-0.3, -0.25) is 4.79 Å². The maximum atomic E-state index is 13.4. The second-order valence-corrected chi connectivity index (χ2v) is 9.67. The molecule has 34 heavy (non-hydrogen) atoms. The van der Waals surface area contributed by atoms with E-state index in [4.69, 9.17) is 4.74 Å². The van der Waals surface area contributed by atoms with Crippen molar-refractivity contribution in [3.8, 4) is 0 Å². The van der Waals surface area contributed by atoms with Crippen LogP contribution in [0.5, 0.6) is 0 Å². The Morgan fingerprint density at radius 2 is 2.03 bits per heavy atom. The number of carbonyl (C=O) groups excluding carboxylic acids is 2. The van der Waals surface area contributed by atoms with Gasteiger partial charge in [0, 0.05) is 24.0 Å². The molecule has 2 atom stereocenters. The summed E-state index contributed by atoms with van der Waals surface area (Å²) in [5, 5.41) is 23.6. The molecule has 0 unspecified atom stereocenters. The fourth-order valence-corrected chi connectivity index (χ4v) is 5.79. The van der Waals surface area contributed by atoms with Crippen LogP contribution in [0.4, 0.5) is 0 Å². The number of ether oxygens (including phenoxy) is 1. The Kier molecular flexibility index (Phi) is 4.89. The lowest BCUT2D eigenvalue weighted by molar-refractivity contribution is -0.139. The van der Waals surface area contributed by atoms with Crippen molar-refractivity contribution in [2.75, 3.05) is 26.2 Å². The van der Waals surface area contributed by atoms with E-state index in [1.165, 1.54) is 6.08 Å². The number of esters is 1. The van der Waals surface area contributed by atoms with Crippen molar-refractivity contribution in [3.63, 3.8) is 0 Å². The molecule has 2 saturated heterocycles. The fourth-order valence-electron chi connectivity index (χ4n) is 5.79. The van der Waals surface area contributed by atoms with Gasteiger partial charge in [-0.15, -0.1) is 5.10 Å². The first-order valence-corrected chi connectivity index (χ1v) is 11.7. The van der Waals surface area contributed by atoms with Crippen LogP contribution in [0, 0.1) is 5.41 Å². The van der Waals surface area contributed by atoms with Gasteiger partial charge < -0.3 is 19.6 Å². The minimum Gasteiger partial charge on any atom is -0.456 e. The Morgan fingerprint density at radius 1 is 1.21 bits per heavy atom. The highest BCUT2D eigenvalue weighted by Gasteiger charge is 2.52. The summed E-state index contributed by atoms with van der Waals surface area (Å²) in [5.74, 6) is -0.274. The quantitative estimate of drug-likeness (QED) is 0.580. The second kappa shape index (κ2) is 7.85. The molecule has 0 aliphatic carbocycles. The monoisotopic (exact) mass is 462 g/mol. The third-order valence-corrected chi connectivity index (χ3v) is 7.57. The molecule has 0 saturated carbocycles. The summed E-state index contributed by atoms with van der Waals surface area (Å²) in [4.78, 5) is 28.9. The Bertz CT molecular complexity index is 1330. The second-order valence-electron chi connectivity index (χ2n) is 9.67. The fraction of sp³-hybridized carbons (Fsp3) is 0.458. The molecule has 2 fully saturated rings. The van der Waals surface area contributed by atoms with E-state index >= 15 is 0 Å². The first-order chi connectivity index (χ1) is 16.4. The number of piperidine rings is 1. The van der Waals surface area contributed by atoms with E-state index in [-0.39, 0.29) is 24.5 Å². The number of benzene rings is 1. The number of hydrogen-bond donors (Lipinski definition) is 1. The molecule has 1 spiro atoms. The van der Waals surface area contributed by atoms with Crippen LogP contribution in [0.1, 0.15) is 37.9 Å². The van der Waals surface area contributed by atoms with E-state index in [9.17, 15) is 14.7 Å². The Hall–Kier alpha value is -3.37. The van der Waals surface area contributed by atoms with Crippen molar-refractivity contribution >= 4 is 28.4 Å². The summed E-state index contributed by atoms with van der Waals surface area (Å²) in [6.07, 6.45) is 3.08. The molecule has 1 N–H and O–H groups in total. The molecule has 10 nitrogen and oxygen atoms in total. The highest BCUT2D eigenvalue weighted by atomic mass is 16.5. The van der Waals surface area contributed by atoms with Crippen LogP contribution in [-0.2, 0) is 14.3 Å². The molecular formula is C24H26N6O4. The zero-order valence-electron chi connectivity index (χ0n) is 18.9. The number of nitrogens with zero attached hydrogens (tertiary/aromatic N) is 6. The Balaban J connectivity index is 1.13. The Labute approximate surface area is 195 Å². The molecule has 0 radical (unpaired) electrons. The molecule has 3 aliphatic heterocycles. The number of fused-ring (bicyclic) bond motifs is 3. The Morgan fingerprint density at radius 3 is 2.79 bits per heavy atom. The summed E-state index contributed by atoms with van der Waals surface area (Å²) in [6.45, 7) is 4.21. The molecule has 5 heterocycles. The van der Waals surface area contributed by atoms with Crippen LogP contribution in [0.3, 0.4) is 0 Å². The van der Waals surface area contributed by atoms with Crippen LogP contribution in [0.2, 0.25) is 0 Å². The van der Waals surface area contributed by atoms with Crippen molar-refractivity contribution in [2.24, 2.45) is 5.41 Å². The zero-order valence-corrected chi connectivity index (χ0v) is 18.9. The summed E-state index contributed by atoms with van der Waals surface area (Å²) in [6, 6.07) is 9.69. The number of β-amino-alcohol motifs (C(OH)–C–C–N with tert-alkyl or cyclic N) is 1. The number of aliphatic hydroxyl groups excluding tert-OH is 1. The van der Waals surface area contributed by atoms with Crippen molar-refractivity contribution in [3.05, 3.63) is 47.7 Å². The molecule has 6 rings (SSSR count). The molecule has 3 aliphatic rings. The van der Waals surface area contributed by atoms with E-state index in [2.05, 4.69) is 20.4 Å². The van der Waals surface area contributed by atoms with Crippen molar-refractivity contribution < 1.29 is 19.4 Å². The summed E-state index contributed by atoms with van der Waals surface area (Å²) in [7, 11) is 0. The first kappa shape index (κ1) is 21.2. The van der Waals surface area contributed by atoms with E-state index in [0.717, 1.165) is 48.8 Å². The molecule has 2 aromatic heterocycles. The van der Waals surface area contributed by atoms with Gasteiger partial charge in [0.2, 0.25) is 5.91 Å². The number of rotatable bonds is 4. The average Bonchev–Trinajstić information content (AvgIpc) is 3.54. The van der Waals surface area contributed by atoms with Gasteiger partial charge in [-0.2, -0.15) is 4.52 Å². The standard InChI is InChI=1S/C24H26N6O4/c1-15-12-24(23(33)29(15)18-11-22(32)34-14-18)6-8-28(9-7-24)13-20(31)17-2-4-19-16(10-17)3-5-21-25-26-27-30(19)21/h2-5,10-11,15,20,31H,6-9,12-14H2,1H3/t15-,20-/m0/s1. The number of tetrazole rings is 1. The smallest absolute Gasteiger partial charge is 0.333 e. The number of hydrogen-bond acceptors (Lipinski definition) is 8. The number of amides is 1. The maximum absolute atomic E-state index is 13.4. The number of likely N-dealkylation sites (tertiary alicyclic amines) is 2. The minimum absolute atomic E-state index is 0.0506. The van der Waals surface area contributed by atoms with Gasteiger partial charge in [0.1, 0.15) is 6.61 Å². The van der Waals surface area contributed by atoms with E-state index in [1.54, 1.807) is 9.42 Å². The lowest BCUT2D eigenvalue weighted by Gasteiger charge is -2.38. The van der Waals surface area contributed by atoms with Gasteiger partial charge in [0.05, 0.1) is 22.7 Å². The molecule has 1 aromatic carbocycles. The summed E-state index contributed by atoms with van der Waals surface area (Å²) >= 11 is 0. The normalized spacial score (nSPS) is 23.8. The van der Waals surface area contributed by atoms with Crippen LogP contribution >= 0.6 is 0 Å². The third-order valence-electron chi connectivity index (χ3n) is 7.57. The lowest BCUT2D eigenvalue weighted by Crippen LogP contribution is -2.45. The number of cyclic esters (lactones) is 1. The van der Waals surface area contributed by atoms with Crippen LogP contribution in [0.15, 0.2) is 42.1 Å². The molecule has 0 bridgehead atoms. The van der Waals surface area contributed by atoms with Crippen molar-refractivity contribution in [1.82, 2.24) is 29.8 Å². The predicted octanol–water partition coefficient (Wildman–Crippen LogP) is 1.45. The summed E-state index contributed by atoms with van der Waals surface area (Å²) in [5.41, 5.74) is 2.69. The van der Waals surface area contributed by atoms with Gasteiger partial charge in [0.15, 0.2) is 5.65 Å². The maximum Gasteiger partial charge on any atom is 0.333 e. The third kappa shape index (κ3) is 3.36. The highest BCUT2D eigenvalue weighted by molar-refractivity contribution is 5.91. The highest BCUT2D eigenvalue weighted by Crippen LogP contribution is 2.46. The van der Waals surface area contributed by atoms with E-state index in [1.807, 2.05) is 37.3 Å². The number of aromatic nitrogens is 4. The van der Waals surface area contributed by atoms with Crippen molar-refractivity contribution in [1.29, 1.82) is 0 Å². The first-order valence-electron chi connectivity index (χ1n) is 11.7. The topological polar surface area (TPSA) is 113 Å². The number of carbonyl (C=O) groups is 2. The molecule has 10 heteroatoms. The lowest BCUT2D eigenvalue weighted by atomic mass is 9.76. The van der Waals surface area contributed by atoms with Gasteiger partial charge in [-0.1, -0.05) is 6.07 Å². The van der Waals surface area contributed by atoms with Crippen LogP contribution < -0.4 is 0 Å². The number of aliphatic hydroxyl groups is 1. The SMILES string of the molecule is C[C@H]1CC2(CCN(C[C@H](O)c3ccc4c(ccc5nnnn54)c3)CC2)C(=O)N1C1=CC(=O)OC1. The van der Waals surface area contributed by atoms with Crippen LogP contribution in [0.25, 0.3) is 16.6 Å². The molecular weight excluding hydrogens is 436 g/mol. The van der Waals surface area contributed by atoms with Gasteiger partial charge in [0.25, 0.3) is 0 Å². The zero-order chi connectivity index (χ0) is 23.4. The van der Waals surface area contributed by atoms with Gasteiger partial charge in [-0.25, -0.2) is 4.79 Å². The predicted molar refractivity (Wildman–Crippen MR) is 121 cm³/mol. The van der Waals surface area contributed by atoms with Crippen LogP contribution in [-0.4, -0.2) is 79.1 Å².